The molecule has 1 aliphatic heterocycles. The number of hydrogen-bond acceptors (Lipinski definition) is 2. The molecule has 0 spiro atoms. The van der Waals surface area contributed by atoms with E-state index in [0.717, 1.165) is 12.5 Å². The topological polar surface area (TPSA) is 24.4 Å². The van der Waals surface area contributed by atoms with Gasteiger partial charge in [-0.3, -0.25) is 4.99 Å². The van der Waals surface area contributed by atoms with Crippen LogP contribution < -0.4 is 5.32 Å². The van der Waals surface area contributed by atoms with Gasteiger partial charge in [0.25, 0.3) is 0 Å². The van der Waals surface area contributed by atoms with E-state index in [1.807, 2.05) is 6.34 Å². The minimum Gasteiger partial charge on any atom is -0.369 e. The molecule has 1 N–H and O–H groups in total. The predicted molar refractivity (Wildman–Crippen MR) is 71.5 cm³/mol. The van der Waals surface area contributed by atoms with Crippen molar-refractivity contribution in [2.24, 2.45) is 10.9 Å². The van der Waals surface area contributed by atoms with Gasteiger partial charge in [-0.05, 0) is 49.7 Å². The number of nitrogens with zero attached hydrogens (tertiary/aromatic N) is 1. The van der Waals surface area contributed by atoms with Crippen LogP contribution in [0.25, 0.3) is 0 Å². The molecular weight excluding hydrogens is 208 g/mol. The van der Waals surface area contributed by atoms with Gasteiger partial charge in [0.2, 0.25) is 0 Å². The van der Waals surface area contributed by atoms with Crippen molar-refractivity contribution >= 4 is 6.34 Å². The number of rotatable bonds is 2. The number of hydrogen-bond donors (Lipinski definition) is 1. The van der Waals surface area contributed by atoms with Crippen molar-refractivity contribution in [2.45, 2.75) is 38.1 Å². The summed E-state index contributed by atoms with van der Waals surface area (Å²) in [6.07, 6.45) is 6.93. The number of nitrogens with one attached hydrogen (secondary N) is 1. The van der Waals surface area contributed by atoms with Gasteiger partial charge in [-0.25, -0.2) is 0 Å². The normalized spacial score (nSPS) is 31.0. The Morgan fingerprint density at radius 2 is 2.18 bits per heavy atom. The lowest BCUT2D eigenvalue weighted by Gasteiger charge is -2.32. The van der Waals surface area contributed by atoms with Gasteiger partial charge in [0.05, 0.1) is 18.4 Å². The minimum atomic E-state index is 0.205. The third kappa shape index (κ3) is 2.21. The van der Waals surface area contributed by atoms with Gasteiger partial charge in [-0.2, -0.15) is 0 Å². The van der Waals surface area contributed by atoms with Crippen molar-refractivity contribution in [3.8, 4) is 0 Å². The van der Waals surface area contributed by atoms with E-state index in [4.69, 9.17) is 0 Å². The number of benzene rings is 1. The van der Waals surface area contributed by atoms with Gasteiger partial charge < -0.3 is 5.32 Å². The first-order valence-electron chi connectivity index (χ1n) is 6.58. The van der Waals surface area contributed by atoms with Crippen molar-refractivity contribution < 1.29 is 0 Å². The summed E-state index contributed by atoms with van der Waals surface area (Å²) in [5.74, 6) is 0.809. The molecule has 90 valence electrons. The lowest BCUT2D eigenvalue weighted by molar-refractivity contribution is 0.308. The molecule has 17 heavy (non-hydrogen) atoms. The molecule has 0 amide bonds. The molecule has 2 aliphatic rings. The SMILES string of the molecule is CC1(CC2CCc3ccccc3C2)CN=CN1. The third-order valence-corrected chi connectivity index (χ3v) is 4.13. The van der Waals surface area contributed by atoms with E-state index >= 15 is 0 Å². The Bertz CT molecular complexity index is 428. The van der Waals surface area contributed by atoms with E-state index in [0.29, 0.717) is 0 Å². The number of aliphatic imine (C=N–C) groups is 1. The van der Waals surface area contributed by atoms with E-state index in [2.05, 4.69) is 41.5 Å². The van der Waals surface area contributed by atoms with Gasteiger partial charge in [0.15, 0.2) is 0 Å². The van der Waals surface area contributed by atoms with Gasteiger partial charge in [0.1, 0.15) is 0 Å². The largest absolute Gasteiger partial charge is 0.369 e. The van der Waals surface area contributed by atoms with Crippen molar-refractivity contribution in [1.82, 2.24) is 5.32 Å². The van der Waals surface area contributed by atoms with Gasteiger partial charge in [-0.1, -0.05) is 24.3 Å². The first-order valence-corrected chi connectivity index (χ1v) is 6.58. The highest BCUT2D eigenvalue weighted by Crippen LogP contribution is 2.31. The number of fused-ring (bicyclic) bond motifs is 1. The van der Waals surface area contributed by atoms with Crippen LogP contribution in [0.3, 0.4) is 0 Å². The summed E-state index contributed by atoms with van der Waals surface area (Å²) in [6, 6.07) is 8.90. The van der Waals surface area contributed by atoms with Crippen LogP contribution in [0, 0.1) is 5.92 Å². The maximum atomic E-state index is 4.31. The van der Waals surface area contributed by atoms with E-state index in [1.165, 1.54) is 25.7 Å². The third-order valence-electron chi connectivity index (χ3n) is 4.13. The van der Waals surface area contributed by atoms with Crippen LogP contribution in [0.4, 0.5) is 0 Å². The van der Waals surface area contributed by atoms with Crippen LogP contribution in [0.1, 0.15) is 30.9 Å². The summed E-state index contributed by atoms with van der Waals surface area (Å²) in [5.41, 5.74) is 3.33. The van der Waals surface area contributed by atoms with Gasteiger partial charge in [-0.15, -0.1) is 0 Å². The monoisotopic (exact) mass is 228 g/mol. The summed E-state index contributed by atoms with van der Waals surface area (Å²) in [4.78, 5) is 4.31. The molecule has 1 aliphatic carbocycles. The molecule has 2 heteroatoms. The first-order chi connectivity index (χ1) is 8.25. The molecule has 0 bridgehead atoms. The molecule has 0 aromatic heterocycles. The zero-order valence-corrected chi connectivity index (χ0v) is 10.4. The molecule has 1 aromatic rings. The highest BCUT2D eigenvalue weighted by molar-refractivity contribution is 5.58. The summed E-state index contributed by atoms with van der Waals surface area (Å²) >= 11 is 0. The zero-order chi connectivity index (χ0) is 11.7. The standard InChI is InChI=1S/C15H20N2/c1-15(10-16-11-17-15)9-12-6-7-13-4-2-3-5-14(13)8-12/h2-5,11-12H,6-10H2,1H3,(H,16,17). The highest BCUT2D eigenvalue weighted by atomic mass is 15.1. The Balaban J connectivity index is 1.68. The number of aryl methyl sites for hydroxylation is 1. The fourth-order valence-corrected chi connectivity index (χ4v) is 3.20. The Hall–Kier alpha value is -1.31. The molecule has 1 aromatic carbocycles. The summed E-state index contributed by atoms with van der Waals surface area (Å²) in [5, 5.41) is 3.41. The quantitative estimate of drug-likeness (QED) is 0.826. The molecule has 0 fully saturated rings. The Morgan fingerprint density at radius 1 is 1.35 bits per heavy atom. The van der Waals surface area contributed by atoms with Gasteiger partial charge >= 0.3 is 0 Å². The summed E-state index contributed by atoms with van der Waals surface area (Å²) < 4.78 is 0. The van der Waals surface area contributed by atoms with Crippen LogP contribution in [-0.4, -0.2) is 18.4 Å². The van der Waals surface area contributed by atoms with Gasteiger partial charge in [0, 0.05) is 0 Å². The summed E-state index contributed by atoms with van der Waals surface area (Å²) in [7, 11) is 0. The van der Waals surface area contributed by atoms with Crippen molar-refractivity contribution in [1.29, 1.82) is 0 Å². The second-order valence-corrected chi connectivity index (χ2v) is 5.76. The Kier molecular flexibility index (Phi) is 2.65. The molecule has 3 rings (SSSR count). The Labute approximate surface area is 103 Å². The highest BCUT2D eigenvalue weighted by Gasteiger charge is 2.31. The maximum Gasteiger partial charge on any atom is 0.0829 e. The lowest BCUT2D eigenvalue weighted by atomic mass is 9.77. The van der Waals surface area contributed by atoms with Crippen LogP contribution >= 0.6 is 0 Å². The molecule has 2 atom stereocenters. The minimum absolute atomic E-state index is 0.205. The molecule has 0 saturated carbocycles. The van der Waals surface area contributed by atoms with E-state index < -0.39 is 0 Å². The van der Waals surface area contributed by atoms with Crippen LogP contribution in [0.15, 0.2) is 29.3 Å². The van der Waals surface area contributed by atoms with Crippen molar-refractivity contribution in [3.63, 3.8) is 0 Å². The first kappa shape index (κ1) is 10.8. The van der Waals surface area contributed by atoms with E-state index in [-0.39, 0.29) is 5.54 Å². The van der Waals surface area contributed by atoms with Crippen LogP contribution in [-0.2, 0) is 12.8 Å². The van der Waals surface area contributed by atoms with Crippen LogP contribution in [0.2, 0.25) is 0 Å². The second kappa shape index (κ2) is 4.17. The molecular formula is C15H20N2. The second-order valence-electron chi connectivity index (χ2n) is 5.76. The summed E-state index contributed by atoms with van der Waals surface area (Å²) in [6.45, 7) is 3.23. The van der Waals surface area contributed by atoms with E-state index in [1.54, 1.807) is 11.1 Å². The fraction of sp³-hybridized carbons (Fsp3) is 0.533. The molecule has 0 radical (unpaired) electrons. The molecule has 0 saturated heterocycles. The van der Waals surface area contributed by atoms with Crippen LogP contribution in [0.5, 0.6) is 0 Å². The smallest absolute Gasteiger partial charge is 0.0829 e. The zero-order valence-electron chi connectivity index (χ0n) is 10.4. The van der Waals surface area contributed by atoms with Crippen molar-refractivity contribution in [3.05, 3.63) is 35.4 Å². The molecule has 2 unspecified atom stereocenters. The van der Waals surface area contributed by atoms with Crippen molar-refractivity contribution in [2.75, 3.05) is 6.54 Å². The fourth-order valence-electron chi connectivity index (χ4n) is 3.20. The maximum absolute atomic E-state index is 4.31. The molecule has 2 nitrogen and oxygen atoms in total. The average Bonchev–Trinajstić information content (AvgIpc) is 2.76. The lowest BCUT2D eigenvalue weighted by Crippen LogP contribution is -2.42. The van der Waals surface area contributed by atoms with E-state index in [9.17, 15) is 0 Å². The predicted octanol–water partition coefficient (Wildman–Crippen LogP) is 2.57. The Morgan fingerprint density at radius 3 is 2.94 bits per heavy atom. The average molecular weight is 228 g/mol. The molecule has 1 heterocycles.